The van der Waals surface area contributed by atoms with Crippen LogP contribution in [-0.2, 0) is 19.3 Å². The molecule has 0 fully saturated rings. The molecule has 12 aromatic rings. The van der Waals surface area contributed by atoms with Gasteiger partial charge in [0.25, 0.3) is 0 Å². The summed E-state index contributed by atoms with van der Waals surface area (Å²) in [5, 5.41) is 20.8. The van der Waals surface area contributed by atoms with Gasteiger partial charge in [-0.3, -0.25) is 0 Å². The number of hydrogen-bond acceptors (Lipinski definition) is 12. The highest BCUT2D eigenvalue weighted by molar-refractivity contribution is 7.19. The topological polar surface area (TPSA) is 55.4 Å². The van der Waals surface area contributed by atoms with E-state index in [4.69, 9.17) is 28.4 Å². The second-order valence-electron chi connectivity index (χ2n) is 19.9. The Bertz CT molecular complexity index is 4020. The fourth-order valence-electron chi connectivity index (χ4n) is 10.1. The molecule has 6 aromatic carbocycles. The van der Waals surface area contributed by atoms with Gasteiger partial charge in [-0.05, 0) is 261 Å². The molecule has 426 valence electrons. The predicted octanol–water partition coefficient (Wildman–Crippen LogP) is 21.9. The third kappa shape index (κ3) is 13.9. The van der Waals surface area contributed by atoms with Crippen molar-refractivity contribution in [2.45, 2.75) is 102 Å². The highest BCUT2D eigenvalue weighted by Gasteiger charge is 2.14. The standard InChI is InChI=1S/3C12H14OS.3C11H12OS/c1-4-9-7-14-12-10(9)5-8(2)6-11(12)13-3;1-4-10-8(2)7-9-5-6-14-12(9)11(10)13-3;1-4-9-8(2)7-11(13-3)12-10(9)5-6-14-12;1-7-4-9-8(2)6-13-11(9)10(5-7)12-3;1-7-6-10(12-3)11-9(8(7)2)4-5-13-11;1-7-6-9-4-5-13-11(9)10(12-3)8(7)2/h3*5-7H,4H2,1-3H3;3*4-6H,1-3H3. The Morgan fingerprint density at radius 1 is 0.321 bits per heavy atom. The van der Waals surface area contributed by atoms with Gasteiger partial charge in [0.15, 0.2) is 0 Å². The van der Waals surface area contributed by atoms with Crippen LogP contribution in [0.4, 0.5) is 0 Å². The lowest BCUT2D eigenvalue weighted by molar-refractivity contribution is 0.415. The van der Waals surface area contributed by atoms with Crippen molar-refractivity contribution in [1.82, 2.24) is 0 Å². The van der Waals surface area contributed by atoms with Crippen molar-refractivity contribution in [3.8, 4) is 34.5 Å². The maximum Gasteiger partial charge on any atom is 0.140 e. The monoisotopic (exact) mass is 1190 g/mol. The van der Waals surface area contributed by atoms with Gasteiger partial charge in [-0.25, -0.2) is 0 Å². The van der Waals surface area contributed by atoms with Crippen LogP contribution in [-0.4, -0.2) is 42.7 Å². The summed E-state index contributed by atoms with van der Waals surface area (Å²) in [5.74, 6) is 6.10. The molecular weight excluding hydrogens is 1120 g/mol. The molecule has 0 N–H and O–H groups in total. The quantitative estimate of drug-likeness (QED) is 0.144. The van der Waals surface area contributed by atoms with Crippen molar-refractivity contribution in [3.05, 3.63) is 172 Å². The van der Waals surface area contributed by atoms with Crippen molar-refractivity contribution in [2.24, 2.45) is 0 Å². The van der Waals surface area contributed by atoms with Crippen LogP contribution in [0, 0.1) is 62.3 Å². The lowest BCUT2D eigenvalue weighted by Gasteiger charge is -2.10. The number of methoxy groups -OCH3 is 6. The molecule has 81 heavy (non-hydrogen) atoms. The van der Waals surface area contributed by atoms with Gasteiger partial charge >= 0.3 is 0 Å². The van der Waals surface area contributed by atoms with Crippen LogP contribution in [0.25, 0.3) is 60.5 Å². The fraction of sp³-hybridized carbons (Fsp3) is 0.304. The number of aryl methyl sites for hydroxylation is 10. The van der Waals surface area contributed by atoms with Crippen LogP contribution >= 0.6 is 68.0 Å². The van der Waals surface area contributed by atoms with E-state index >= 15 is 0 Å². The summed E-state index contributed by atoms with van der Waals surface area (Å²) in [5.41, 5.74) is 15.9. The lowest BCUT2D eigenvalue weighted by Crippen LogP contribution is -1.93. The molecule has 6 heterocycles. The van der Waals surface area contributed by atoms with Gasteiger partial charge < -0.3 is 28.4 Å². The van der Waals surface area contributed by atoms with Gasteiger partial charge in [0.2, 0.25) is 0 Å². The molecule has 0 unspecified atom stereocenters. The Morgan fingerprint density at radius 2 is 0.741 bits per heavy atom. The minimum absolute atomic E-state index is 0.994. The molecular formula is C69H78O6S6. The van der Waals surface area contributed by atoms with Gasteiger partial charge in [0, 0.05) is 0 Å². The Hall–Kier alpha value is -6.12. The van der Waals surface area contributed by atoms with E-state index in [9.17, 15) is 0 Å². The number of thiophene rings is 6. The number of fused-ring (bicyclic) bond motifs is 6. The van der Waals surface area contributed by atoms with Crippen LogP contribution in [0.3, 0.4) is 0 Å². The van der Waals surface area contributed by atoms with Gasteiger partial charge in [-0.2, -0.15) is 0 Å². The molecule has 0 aliphatic carbocycles. The number of rotatable bonds is 9. The third-order valence-electron chi connectivity index (χ3n) is 14.7. The Kier molecular flexibility index (Phi) is 22.2. The first-order chi connectivity index (χ1) is 39.0. The Balaban J connectivity index is 0.000000140. The zero-order valence-electron chi connectivity index (χ0n) is 50.4. The smallest absolute Gasteiger partial charge is 0.140 e. The third-order valence-corrected chi connectivity index (χ3v) is 20.6. The average molecular weight is 1200 g/mol. The number of ether oxygens (including phenoxy) is 6. The highest BCUT2D eigenvalue weighted by atomic mass is 32.1. The molecule has 0 bridgehead atoms. The minimum Gasteiger partial charge on any atom is -0.495 e. The molecule has 0 aliphatic rings. The average Bonchev–Trinajstić information content (AvgIpc) is 4.55. The maximum atomic E-state index is 5.50. The summed E-state index contributed by atoms with van der Waals surface area (Å²) in [6.07, 6.45) is 3.21. The van der Waals surface area contributed by atoms with Crippen LogP contribution < -0.4 is 28.4 Å². The fourth-order valence-corrected chi connectivity index (χ4v) is 16.1. The largest absolute Gasteiger partial charge is 0.495 e. The normalized spacial score (nSPS) is 10.7. The van der Waals surface area contributed by atoms with E-state index in [1.54, 1.807) is 111 Å². The summed E-state index contributed by atoms with van der Waals surface area (Å²) in [4.78, 5) is 0. The molecule has 0 radical (unpaired) electrons. The van der Waals surface area contributed by atoms with Crippen molar-refractivity contribution in [1.29, 1.82) is 0 Å². The molecule has 0 amide bonds. The van der Waals surface area contributed by atoms with E-state index in [0.717, 1.165) is 53.8 Å². The Labute approximate surface area is 504 Å². The van der Waals surface area contributed by atoms with Gasteiger partial charge in [0.1, 0.15) is 34.5 Å². The summed E-state index contributed by atoms with van der Waals surface area (Å²) in [7, 11) is 10.4. The van der Waals surface area contributed by atoms with E-state index in [0.29, 0.717) is 0 Å². The number of benzene rings is 6. The SMILES string of the molecule is CCc1c(C)cc(OC)c2sccc12.CCc1c(C)cc2ccsc2c1OC.CCc1csc2c(OC)cc(C)cc12.COc1c(C)c(C)cc2ccsc12.COc1cc(C)c(C)c2ccsc12.COc1cc(C)cc2c(C)csc12. The second-order valence-corrected chi connectivity index (χ2v) is 25.3. The van der Waals surface area contributed by atoms with Crippen molar-refractivity contribution < 1.29 is 28.4 Å². The van der Waals surface area contributed by atoms with E-state index < -0.39 is 0 Å². The minimum atomic E-state index is 0.994. The first-order valence-corrected chi connectivity index (χ1v) is 32.5. The summed E-state index contributed by atoms with van der Waals surface area (Å²) < 4.78 is 39.9. The predicted molar refractivity (Wildman–Crippen MR) is 361 cm³/mol. The zero-order valence-corrected chi connectivity index (χ0v) is 55.3. The first kappa shape index (κ1) is 62.5. The molecule has 6 nitrogen and oxygen atoms in total. The van der Waals surface area contributed by atoms with Crippen LogP contribution in [0.15, 0.2) is 105 Å². The molecule has 6 aromatic heterocycles. The lowest BCUT2D eigenvalue weighted by atomic mass is 10.0. The summed E-state index contributed by atoms with van der Waals surface area (Å²) >= 11 is 10.5. The highest BCUT2D eigenvalue weighted by Crippen LogP contribution is 2.40. The molecule has 0 aliphatic heterocycles. The summed E-state index contributed by atoms with van der Waals surface area (Å²) in [6.45, 7) is 25.7. The molecule has 12 heteroatoms. The molecule has 0 saturated heterocycles. The summed E-state index contributed by atoms with van der Waals surface area (Å²) in [6, 6.07) is 26.0. The van der Waals surface area contributed by atoms with Crippen molar-refractivity contribution >= 4 is 129 Å². The van der Waals surface area contributed by atoms with Crippen LogP contribution in [0.1, 0.15) is 87.5 Å². The van der Waals surface area contributed by atoms with E-state index in [-0.39, 0.29) is 0 Å². The van der Waals surface area contributed by atoms with E-state index in [1.807, 2.05) is 0 Å². The van der Waals surface area contributed by atoms with Gasteiger partial charge in [-0.15, -0.1) is 68.0 Å². The zero-order chi connectivity index (χ0) is 58.7. The maximum absolute atomic E-state index is 5.50. The van der Waals surface area contributed by atoms with Crippen LogP contribution in [0.2, 0.25) is 0 Å². The van der Waals surface area contributed by atoms with Gasteiger partial charge in [-0.1, -0.05) is 45.0 Å². The molecule has 0 atom stereocenters. The second kappa shape index (κ2) is 28.7. The van der Waals surface area contributed by atoms with E-state index in [2.05, 4.69) is 188 Å². The first-order valence-electron chi connectivity index (χ1n) is 27.2. The van der Waals surface area contributed by atoms with Gasteiger partial charge in [0.05, 0.1) is 70.9 Å². The van der Waals surface area contributed by atoms with Crippen molar-refractivity contribution in [2.75, 3.05) is 42.7 Å². The molecule has 0 spiro atoms. The number of hydrogen-bond donors (Lipinski definition) is 0. The van der Waals surface area contributed by atoms with Crippen molar-refractivity contribution in [3.63, 3.8) is 0 Å². The van der Waals surface area contributed by atoms with Crippen LogP contribution in [0.5, 0.6) is 34.5 Å². The van der Waals surface area contributed by atoms with E-state index in [1.165, 1.54) is 127 Å². The molecule has 0 saturated carbocycles. The Morgan fingerprint density at radius 3 is 1.28 bits per heavy atom. The molecule has 12 rings (SSSR count).